The van der Waals surface area contributed by atoms with Crippen molar-refractivity contribution in [3.63, 3.8) is 0 Å². The number of carbonyl (C=O) groups is 1. The van der Waals surface area contributed by atoms with Crippen LogP contribution >= 0.6 is 15.9 Å². The first kappa shape index (κ1) is 13.5. The van der Waals surface area contributed by atoms with Crippen LogP contribution in [0.2, 0.25) is 0 Å². The van der Waals surface area contributed by atoms with E-state index in [1.165, 1.54) is 18.2 Å². The second-order valence-corrected chi connectivity index (χ2v) is 5.79. The van der Waals surface area contributed by atoms with Crippen LogP contribution < -0.4 is 5.73 Å². The van der Waals surface area contributed by atoms with Gasteiger partial charge in [-0.15, -0.1) is 0 Å². The van der Waals surface area contributed by atoms with Crippen LogP contribution in [0.3, 0.4) is 0 Å². The molecule has 98 valence electrons. The molecule has 1 aromatic carbocycles. The van der Waals surface area contributed by atoms with Crippen molar-refractivity contribution in [1.82, 2.24) is 4.90 Å². The van der Waals surface area contributed by atoms with Crippen molar-refractivity contribution in [2.45, 2.75) is 19.4 Å². The Morgan fingerprint density at radius 3 is 2.83 bits per heavy atom. The molecule has 5 heteroatoms. The van der Waals surface area contributed by atoms with E-state index in [1.54, 1.807) is 4.90 Å². The van der Waals surface area contributed by atoms with Crippen LogP contribution in [0.25, 0.3) is 0 Å². The molecule has 2 N–H and O–H groups in total. The molecule has 1 saturated heterocycles. The Kier molecular flexibility index (Phi) is 4.02. The van der Waals surface area contributed by atoms with Crippen molar-refractivity contribution in [3.8, 4) is 0 Å². The SMILES string of the molecule is CC1CC(N)CN(C(=O)c2ccc(F)c(Br)c2)C1. The molecule has 1 aromatic rings. The highest BCUT2D eigenvalue weighted by atomic mass is 79.9. The van der Waals surface area contributed by atoms with Gasteiger partial charge >= 0.3 is 0 Å². The van der Waals surface area contributed by atoms with Crippen LogP contribution in [-0.2, 0) is 0 Å². The maximum Gasteiger partial charge on any atom is 0.253 e. The summed E-state index contributed by atoms with van der Waals surface area (Å²) in [5, 5.41) is 0. The fourth-order valence-electron chi connectivity index (χ4n) is 2.38. The number of rotatable bonds is 1. The smallest absolute Gasteiger partial charge is 0.253 e. The lowest BCUT2D eigenvalue weighted by molar-refractivity contribution is 0.0661. The second kappa shape index (κ2) is 5.36. The van der Waals surface area contributed by atoms with Crippen LogP contribution in [0.15, 0.2) is 22.7 Å². The van der Waals surface area contributed by atoms with Crippen molar-refractivity contribution < 1.29 is 9.18 Å². The molecular weight excluding hydrogens is 299 g/mol. The van der Waals surface area contributed by atoms with E-state index in [0.717, 1.165) is 6.42 Å². The average Bonchev–Trinajstić information content (AvgIpc) is 2.30. The summed E-state index contributed by atoms with van der Waals surface area (Å²) in [6.45, 7) is 3.36. The summed E-state index contributed by atoms with van der Waals surface area (Å²) in [4.78, 5) is 14.0. The van der Waals surface area contributed by atoms with Gasteiger partial charge in [0.25, 0.3) is 5.91 Å². The Bertz CT molecular complexity index is 456. The van der Waals surface area contributed by atoms with Crippen LogP contribution in [0.1, 0.15) is 23.7 Å². The van der Waals surface area contributed by atoms with Gasteiger partial charge in [-0.25, -0.2) is 4.39 Å². The molecule has 1 aliphatic heterocycles. The van der Waals surface area contributed by atoms with Crippen molar-refractivity contribution in [2.75, 3.05) is 13.1 Å². The fraction of sp³-hybridized carbons (Fsp3) is 0.462. The van der Waals surface area contributed by atoms with E-state index in [9.17, 15) is 9.18 Å². The predicted molar refractivity (Wildman–Crippen MR) is 71.8 cm³/mol. The maximum absolute atomic E-state index is 13.1. The molecule has 1 heterocycles. The molecule has 0 spiro atoms. The zero-order valence-corrected chi connectivity index (χ0v) is 11.8. The summed E-state index contributed by atoms with van der Waals surface area (Å²) >= 11 is 3.09. The molecule has 1 fully saturated rings. The number of nitrogens with zero attached hydrogens (tertiary/aromatic N) is 1. The molecule has 2 atom stereocenters. The van der Waals surface area contributed by atoms with Crippen molar-refractivity contribution in [3.05, 3.63) is 34.1 Å². The quantitative estimate of drug-likeness (QED) is 0.865. The van der Waals surface area contributed by atoms with Crippen LogP contribution in [0, 0.1) is 11.7 Å². The minimum atomic E-state index is -0.365. The van der Waals surface area contributed by atoms with Gasteiger partial charge < -0.3 is 10.6 Å². The Morgan fingerprint density at radius 2 is 2.22 bits per heavy atom. The minimum absolute atomic E-state index is 0.0292. The molecule has 2 unspecified atom stereocenters. The number of piperidine rings is 1. The van der Waals surface area contributed by atoms with Gasteiger partial charge in [0.2, 0.25) is 0 Å². The summed E-state index contributed by atoms with van der Waals surface area (Å²) in [5.74, 6) is -0.0467. The summed E-state index contributed by atoms with van der Waals surface area (Å²) in [6.07, 6.45) is 0.941. The number of amides is 1. The highest BCUT2D eigenvalue weighted by molar-refractivity contribution is 9.10. The number of halogens is 2. The largest absolute Gasteiger partial charge is 0.337 e. The highest BCUT2D eigenvalue weighted by Gasteiger charge is 2.26. The van der Waals surface area contributed by atoms with Crippen molar-refractivity contribution >= 4 is 21.8 Å². The average molecular weight is 315 g/mol. The summed E-state index contributed by atoms with van der Waals surface area (Å²) in [6, 6.07) is 4.35. The van der Waals surface area contributed by atoms with E-state index < -0.39 is 0 Å². The van der Waals surface area contributed by atoms with Gasteiger partial charge in [-0.05, 0) is 46.5 Å². The first-order chi connectivity index (χ1) is 8.47. The second-order valence-electron chi connectivity index (χ2n) is 4.94. The third-order valence-corrected chi connectivity index (χ3v) is 3.75. The van der Waals surface area contributed by atoms with Crippen LogP contribution in [0.4, 0.5) is 4.39 Å². The first-order valence-electron chi connectivity index (χ1n) is 5.97. The van der Waals surface area contributed by atoms with Gasteiger partial charge in [0.1, 0.15) is 5.82 Å². The molecule has 0 saturated carbocycles. The van der Waals surface area contributed by atoms with Crippen LogP contribution in [-0.4, -0.2) is 29.9 Å². The lowest BCUT2D eigenvalue weighted by atomic mass is 9.96. The third-order valence-electron chi connectivity index (χ3n) is 3.15. The molecule has 3 nitrogen and oxygen atoms in total. The zero-order valence-electron chi connectivity index (χ0n) is 10.2. The number of hydrogen-bond donors (Lipinski definition) is 1. The van der Waals surface area contributed by atoms with E-state index in [4.69, 9.17) is 5.73 Å². The van der Waals surface area contributed by atoms with Gasteiger partial charge in [-0.2, -0.15) is 0 Å². The number of carbonyl (C=O) groups excluding carboxylic acids is 1. The summed E-state index contributed by atoms with van der Waals surface area (Å²) in [5.41, 5.74) is 6.41. The summed E-state index contributed by atoms with van der Waals surface area (Å²) in [7, 11) is 0. The van der Waals surface area contributed by atoms with E-state index in [2.05, 4.69) is 22.9 Å². The van der Waals surface area contributed by atoms with Gasteiger partial charge in [-0.1, -0.05) is 6.92 Å². The van der Waals surface area contributed by atoms with Crippen molar-refractivity contribution in [1.29, 1.82) is 0 Å². The molecule has 0 aromatic heterocycles. The lowest BCUT2D eigenvalue weighted by Crippen LogP contribution is -2.48. The normalized spacial score (nSPS) is 24.1. The number of likely N-dealkylation sites (tertiary alicyclic amines) is 1. The molecule has 18 heavy (non-hydrogen) atoms. The van der Waals surface area contributed by atoms with Gasteiger partial charge in [0, 0.05) is 24.7 Å². The molecule has 0 aliphatic carbocycles. The zero-order chi connectivity index (χ0) is 13.3. The first-order valence-corrected chi connectivity index (χ1v) is 6.76. The monoisotopic (exact) mass is 314 g/mol. The van der Waals surface area contributed by atoms with Gasteiger partial charge in [0.15, 0.2) is 0 Å². The topological polar surface area (TPSA) is 46.3 Å². The van der Waals surface area contributed by atoms with E-state index in [0.29, 0.717) is 29.0 Å². The lowest BCUT2D eigenvalue weighted by Gasteiger charge is -2.34. The van der Waals surface area contributed by atoms with E-state index >= 15 is 0 Å². The Labute approximate surface area is 114 Å². The Hall–Kier alpha value is -0.940. The number of nitrogens with two attached hydrogens (primary N) is 1. The Morgan fingerprint density at radius 1 is 1.50 bits per heavy atom. The van der Waals surface area contributed by atoms with E-state index in [-0.39, 0.29) is 17.8 Å². The fourth-order valence-corrected chi connectivity index (χ4v) is 2.76. The standard InChI is InChI=1S/C13H16BrFN2O/c1-8-4-10(16)7-17(6-8)13(18)9-2-3-12(15)11(14)5-9/h2-3,5,8,10H,4,6-7,16H2,1H3. The van der Waals surface area contributed by atoms with Gasteiger partial charge in [0.05, 0.1) is 4.47 Å². The highest BCUT2D eigenvalue weighted by Crippen LogP contribution is 2.21. The maximum atomic E-state index is 13.1. The predicted octanol–water partition coefficient (Wildman–Crippen LogP) is 2.40. The third kappa shape index (κ3) is 2.90. The molecule has 1 amide bonds. The molecule has 2 rings (SSSR count). The molecular formula is C13H16BrFN2O. The number of hydrogen-bond acceptors (Lipinski definition) is 2. The summed E-state index contributed by atoms with van der Waals surface area (Å²) < 4.78 is 13.4. The molecule has 0 bridgehead atoms. The Balaban J connectivity index is 2.17. The van der Waals surface area contributed by atoms with Crippen molar-refractivity contribution in [2.24, 2.45) is 11.7 Å². The minimum Gasteiger partial charge on any atom is -0.337 e. The number of benzene rings is 1. The molecule has 0 radical (unpaired) electrons. The van der Waals surface area contributed by atoms with Crippen LogP contribution in [0.5, 0.6) is 0 Å². The van der Waals surface area contributed by atoms with E-state index in [1.807, 2.05) is 0 Å². The molecule has 1 aliphatic rings. The van der Waals surface area contributed by atoms with Gasteiger partial charge in [-0.3, -0.25) is 4.79 Å².